The van der Waals surface area contributed by atoms with Crippen molar-refractivity contribution in [1.82, 2.24) is 0 Å². The summed E-state index contributed by atoms with van der Waals surface area (Å²) in [4.78, 5) is 2.79. The molecular formula is C25H24BrN. The zero-order valence-electron chi connectivity index (χ0n) is 15.6. The summed E-state index contributed by atoms with van der Waals surface area (Å²) in [5.41, 5.74) is 7.60. The number of anilines is 1. The van der Waals surface area contributed by atoms with E-state index in [9.17, 15) is 0 Å². The van der Waals surface area contributed by atoms with Gasteiger partial charge in [0.05, 0.1) is 6.04 Å². The molecule has 0 bridgehead atoms. The van der Waals surface area contributed by atoms with E-state index in [-0.39, 0.29) is 0 Å². The Hall–Kier alpha value is -1.80. The van der Waals surface area contributed by atoms with E-state index in [1.165, 1.54) is 35.0 Å². The zero-order chi connectivity index (χ0) is 18.1. The molecule has 2 aromatic rings. The summed E-state index contributed by atoms with van der Waals surface area (Å²) in [6.45, 7) is 3.46. The number of hydrogen-bond acceptors (Lipinski definition) is 1. The molecule has 2 aliphatic heterocycles. The molecule has 4 aliphatic rings. The summed E-state index contributed by atoms with van der Waals surface area (Å²) < 4.78 is 1.17. The minimum absolute atomic E-state index is 0.480. The van der Waals surface area contributed by atoms with Gasteiger partial charge in [0.2, 0.25) is 0 Å². The summed E-state index contributed by atoms with van der Waals surface area (Å²) in [6.07, 6.45) is 12.2. The van der Waals surface area contributed by atoms with E-state index in [2.05, 4.69) is 88.5 Å². The first-order chi connectivity index (χ1) is 13.2. The Balaban J connectivity index is 1.59. The Bertz CT molecular complexity index is 953. The predicted octanol–water partition coefficient (Wildman–Crippen LogP) is 6.65. The molecule has 2 heteroatoms. The largest absolute Gasteiger partial charge is 0.363 e. The number of halogens is 1. The minimum atomic E-state index is 0.480. The molecule has 2 heterocycles. The Morgan fingerprint density at radius 1 is 0.926 bits per heavy atom. The summed E-state index contributed by atoms with van der Waals surface area (Å²) >= 11 is 3.62. The maximum absolute atomic E-state index is 3.62. The average Bonchev–Trinajstić information content (AvgIpc) is 3.32. The summed E-state index contributed by atoms with van der Waals surface area (Å²) in [6, 6.07) is 14.5. The van der Waals surface area contributed by atoms with Crippen LogP contribution in [0.4, 0.5) is 5.69 Å². The quantitative estimate of drug-likeness (QED) is 0.469. The molecule has 27 heavy (non-hydrogen) atoms. The molecule has 0 unspecified atom stereocenters. The molecule has 0 fully saturated rings. The molecule has 0 saturated carbocycles. The van der Waals surface area contributed by atoms with Crippen molar-refractivity contribution in [2.45, 2.75) is 37.6 Å². The smallest absolute Gasteiger partial charge is 0.0582 e. The van der Waals surface area contributed by atoms with Crippen LogP contribution in [0, 0.1) is 18.8 Å². The standard InChI is InChI=1S/C25H24BrN/c1-15-12-22-19-5-2-4-17(19)14-27-24(16-8-10-18(26)11-9-16)21-7-3-6-20(21)23(13-15)25(22)27/h2-3,5-6,8-13,17,19-21,24H,4,7,14H2,1H3/t17-,19+,20-,21-,24+/m1/s1. The van der Waals surface area contributed by atoms with Gasteiger partial charge in [0.25, 0.3) is 0 Å². The van der Waals surface area contributed by atoms with Crippen LogP contribution in [0.15, 0.2) is 65.2 Å². The number of aryl methyl sites for hydroxylation is 1. The first kappa shape index (κ1) is 16.2. The van der Waals surface area contributed by atoms with Crippen molar-refractivity contribution >= 4 is 21.6 Å². The number of fused-ring (bicyclic) bond motifs is 4. The fourth-order valence-electron chi connectivity index (χ4n) is 6.17. The van der Waals surface area contributed by atoms with Crippen molar-refractivity contribution in [1.29, 1.82) is 0 Å². The van der Waals surface area contributed by atoms with Crippen molar-refractivity contribution < 1.29 is 0 Å². The van der Waals surface area contributed by atoms with Gasteiger partial charge in [-0.25, -0.2) is 0 Å². The highest BCUT2D eigenvalue weighted by molar-refractivity contribution is 9.10. The molecule has 0 N–H and O–H groups in total. The van der Waals surface area contributed by atoms with Crippen LogP contribution in [0.3, 0.4) is 0 Å². The van der Waals surface area contributed by atoms with E-state index in [1.54, 1.807) is 16.8 Å². The van der Waals surface area contributed by atoms with Crippen molar-refractivity contribution in [3.63, 3.8) is 0 Å². The minimum Gasteiger partial charge on any atom is -0.363 e. The molecule has 0 aromatic heterocycles. The lowest BCUT2D eigenvalue weighted by molar-refractivity contribution is 0.335. The first-order valence-corrected chi connectivity index (χ1v) is 11.0. The SMILES string of the molecule is Cc1cc2c3c(c1)[C@@H]1C=CC[C@H]1[C@H](c1ccc(Br)cc1)N3C[C@H]1CC=C[C@H]21. The Morgan fingerprint density at radius 2 is 1.63 bits per heavy atom. The number of rotatable bonds is 1. The van der Waals surface area contributed by atoms with Gasteiger partial charge in [-0.2, -0.15) is 0 Å². The third kappa shape index (κ3) is 2.29. The van der Waals surface area contributed by atoms with Gasteiger partial charge < -0.3 is 4.90 Å². The number of hydrogen-bond donors (Lipinski definition) is 0. The lowest BCUT2D eigenvalue weighted by atomic mass is 9.70. The molecule has 1 nitrogen and oxygen atoms in total. The molecule has 0 amide bonds. The number of nitrogens with zero attached hydrogens (tertiary/aromatic N) is 1. The van der Waals surface area contributed by atoms with Crippen molar-refractivity contribution in [3.8, 4) is 0 Å². The van der Waals surface area contributed by atoms with Gasteiger partial charge >= 0.3 is 0 Å². The van der Waals surface area contributed by atoms with E-state index >= 15 is 0 Å². The Labute approximate surface area is 169 Å². The molecule has 136 valence electrons. The molecule has 6 rings (SSSR count). The average molecular weight is 418 g/mol. The fraction of sp³-hybridized carbons (Fsp3) is 0.360. The number of allylic oxidation sites excluding steroid dienone is 4. The zero-order valence-corrected chi connectivity index (χ0v) is 17.2. The van der Waals surface area contributed by atoms with E-state index in [1.807, 2.05) is 0 Å². The topological polar surface area (TPSA) is 3.24 Å². The molecular weight excluding hydrogens is 394 g/mol. The molecule has 0 saturated heterocycles. The normalized spacial score (nSPS) is 32.4. The van der Waals surface area contributed by atoms with Crippen LogP contribution in [0.2, 0.25) is 0 Å². The highest BCUT2D eigenvalue weighted by Gasteiger charge is 2.47. The van der Waals surface area contributed by atoms with Crippen LogP contribution in [0.1, 0.15) is 53.0 Å². The third-order valence-electron chi connectivity index (χ3n) is 7.21. The lowest BCUT2D eigenvalue weighted by Gasteiger charge is -2.51. The van der Waals surface area contributed by atoms with Crippen molar-refractivity contribution in [2.75, 3.05) is 11.4 Å². The third-order valence-corrected chi connectivity index (χ3v) is 7.73. The van der Waals surface area contributed by atoms with Gasteiger partial charge in [0.15, 0.2) is 0 Å². The van der Waals surface area contributed by atoms with Crippen LogP contribution in [-0.4, -0.2) is 6.54 Å². The highest BCUT2D eigenvalue weighted by Crippen LogP contribution is 2.58. The second-order valence-electron chi connectivity index (χ2n) is 8.74. The highest BCUT2D eigenvalue weighted by atomic mass is 79.9. The maximum Gasteiger partial charge on any atom is 0.0582 e. The summed E-state index contributed by atoms with van der Waals surface area (Å²) in [5, 5.41) is 0. The second-order valence-corrected chi connectivity index (χ2v) is 9.66. The van der Waals surface area contributed by atoms with Gasteiger partial charge in [0, 0.05) is 28.5 Å². The Kier molecular flexibility index (Phi) is 3.50. The van der Waals surface area contributed by atoms with E-state index < -0.39 is 0 Å². The van der Waals surface area contributed by atoms with Gasteiger partial charge in [-0.15, -0.1) is 0 Å². The van der Waals surface area contributed by atoms with E-state index in [0.29, 0.717) is 23.8 Å². The molecule has 0 spiro atoms. The van der Waals surface area contributed by atoms with Crippen LogP contribution >= 0.6 is 15.9 Å². The molecule has 5 atom stereocenters. The van der Waals surface area contributed by atoms with Crippen LogP contribution in [0.5, 0.6) is 0 Å². The van der Waals surface area contributed by atoms with E-state index in [4.69, 9.17) is 0 Å². The molecule has 2 aromatic carbocycles. The second kappa shape index (κ2) is 5.85. The summed E-state index contributed by atoms with van der Waals surface area (Å²) in [7, 11) is 0. The van der Waals surface area contributed by atoms with Gasteiger partial charge in [-0.1, -0.05) is 70.1 Å². The van der Waals surface area contributed by atoms with Crippen LogP contribution < -0.4 is 4.90 Å². The maximum atomic E-state index is 3.62. The molecule has 2 aliphatic carbocycles. The van der Waals surface area contributed by atoms with Crippen LogP contribution in [0.25, 0.3) is 0 Å². The number of benzene rings is 2. The summed E-state index contributed by atoms with van der Waals surface area (Å²) in [5.74, 6) is 2.56. The van der Waals surface area contributed by atoms with Crippen LogP contribution in [-0.2, 0) is 0 Å². The lowest BCUT2D eigenvalue weighted by Crippen LogP contribution is -2.46. The van der Waals surface area contributed by atoms with Gasteiger partial charge in [-0.05, 0) is 60.4 Å². The predicted molar refractivity (Wildman–Crippen MR) is 115 cm³/mol. The first-order valence-electron chi connectivity index (χ1n) is 10.2. The Morgan fingerprint density at radius 3 is 2.44 bits per heavy atom. The van der Waals surface area contributed by atoms with Gasteiger partial charge in [0.1, 0.15) is 0 Å². The van der Waals surface area contributed by atoms with Gasteiger partial charge in [-0.3, -0.25) is 0 Å². The fourth-order valence-corrected chi connectivity index (χ4v) is 6.44. The monoisotopic (exact) mass is 417 g/mol. The van der Waals surface area contributed by atoms with Crippen molar-refractivity contribution in [3.05, 3.63) is 87.4 Å². The van der Waals surface area contributed by atoms with E-state index in [0.717, 1.165) is 5.92 Å². The van der Waals surface area contributed by atoms with Crippen molar-refractivity contribution in [2.24, 2.45) is 11.8 Å². The molecule has 0 radical (unpaired) electrons.